The predicted octanol–water partition coefficient (Wildman–Crippen LogP) is -3.27. The molecule has 0 bridgehead atoms. The molecule has 5 N–H and O–H groups in total. The van der Waals surface area contributed by atoms with Gasteiger partial charge >= 0.3 is 5.97 Å². The van der Waals surface area contributed by atoms with Gasteiger partial charge in [0.25, 0.3) is 0 Å². The molecule has 8 nitrogen and oxygen atoms in total. The van der Waals surface area contributed by atoms with E-state index in [0.29, 0.717) is 0 Å². The molecule has 3 unspecified atom stereocenters. The lowest BCUT2D eigenvalue weighted by atomic mass is 10.1. The van der Waals surface area contributed by atoms with Gasteiger partial charge in [0.1, 0.15) is 31.5 Å². The van der Waals surface area contributed by atoms with Gasteiger partial charge < -0.3 is 30.3 Å². The molecule has 16 heavy (non-hydrogen) atoms. The number of Topliss-reactive ketones (excluding diaryl/α,β-unsaturated/α-hetero) is 1. The summed E-state index contributed by atoms with van der Waals surface area (Å²) in [5.74, 6) is -2.26. The van der Waals surface area contributed by atoms with Crippen molar-refractivity contribution in [2.45, 2.75) is 18.3 Å². The Morgan fingerprint density at radius 1 is 1.12 bits per heavy atom. The van der Waals surface area contributed by atoms with Gasteiger partial charge in [-0.3, -0.25) is 4.79 Å². The van der Waals surface area contributed by atoms with Crippen LogP contribution in [-0.4, -0.2) is 75.4 Å². The molecule has 0 aliphatic carbocycles. The van der Waals surface area contributed by atoms with Crippen LogP contribution < -0.4 is 0 Å². The second-order valence-electron chi connectivity index (χ2n) is 3.04. The minimum Gasteiger partial charge on any atom is -0.480 e. The van der Waals surface area contributed by atoms with Crippen molar-refractivity contribution in [3.8, 4) is 0 Å². The summed E-state index contributed by atoms with van der Waals surface area (Å²) in [4.78, 5) is 21.1. The number of carboxylic acid groups (broad SMARTS) is 1. The van der Waals surface area contributed by atoms with Crippen LogP contribution in [0, 0.1) is 0 Å². The van der Waals surface area contributed by atoms with Crippen molar-refractivity contribution in [1.29, 1.82) is 0 Å². The monoisotopic (exact) mass is 238 g/mol. The molecule has 0 radical (unpaired) electrons. The van der Waals surface area contributed by atoms with Crippen molar-refractivity contribution in [2.24, 2.45) is 0 Å². The standard InChI is InChI=1S/C8H14O8/c9-1-4(10)7(14)8(15)5(11)2-16-3-6(12)13/h4,7-10,14-15H,1-3H2,(H,12,13). The Hall–Kier alpha value is -1.06. The Labute approximate surface area is 90.7 Å². The van der Waals surface area contributed by atoms with Gasteiger partial charge in [-0.15, -0.1) is 0 Å². The molecule has 0 aromatic rings. The molecule has 94 valence electrons. The highest BCUT2D eigenvalue weighted by Gasteiger charge is 2.29. The highest BCUT2D eigenvalue weighted by molar-refractivity contribution is 5.84. The largest absolute Gasteiger partial charge is 0.480 e. The number of hydrogen-bond donors (Lipinski definition) is 5. The summed E-state index contributed by atoms with van der Waals surface area (Å²) in [5, 5.41) is 43.8. The van der Waals surface area contributed by atoms with Gasteiger partial charge in [-0.1, -0.05) is 0 Å². The normalized spacial score (nSPS) is 16.5. The fraction of sp³-hybridized carbons (Fsp3) is 0.750. The molecule has 0 fully saturated rings. The molecule has 0 aromatic carbocycles. The highest BCUT2D eigenvalue weighted by Crippen LogP contribution is 2.01. The zero-order chi connectivity index (χ0) is 12.7. The zero-order valence-electron chi connectivity index (χ0n) is 8.31. The molecule has 3 atom stereocenters. The summed E-state index contributed by atoms with van der Waals surface area (Å²) < 4.78 is 4.38. The second-order valence-corrected chi connectivity index (χ2v) is 3.04. The molecule has 0 aromatic heterocycles. The molecule has 0 saturated heterocycles. The Morgan fingerprint density at radius 3 is 2.12 bits per heavy atom. The van der Waals surface area contributed by atoms with Crippen molar-refractivity contribution in [3.63, 3.8) is 0 Å². The molecular formula is C8H14O8. The number of hydrogen-bond acceptors (Lipinski definition) is 7. The van der Waals surface area contributed by atoms with Gasteiger partial charge in [0.2, 0.25) is 0 Å². The maximum atomic E-state index is 11.1. The first kappa shape index (κ1) is 14.9. The van der Waals surface area contributed by atoms with Crippen LogP contribution in [-0.2, 0) is 14.3 Å². The highest BCUT2D eigenvalue weighted by atomic mass is 16.5. The van der Waals surface area contributed by atoms with E-state index in [2.05, 4.69) is 4.74 Å². The Balaban J connectivity index is 4.02. The molecule has 0 saturated carbocycles. The number of aliphatic carboxylic acids is 1. The minimum atomic E-state index is -1.93. The fourth-order valence-electron chi connectivity index (χ4n) is 0.833. The van der Waals surface area contributed by atoms with Crippen molar-refractivity contribution in [2.75, 3.05) is 19.8 Å². The van der Waals surface area contributed by atoms with E-state index < -0.39 is 49.9 Å². The second kappa shape index (κ2) is 7.25. The summed E-state index contributed by atoms with van der Waals surface area (Å²) >= 11 is 0. The number of rotatable bonds is 8. The quantitative estimate of drug-likeness (QED) is 0.296. The average Bonchev–Trinajstić information content (AvgIpc) is 2.25. The smallest absolute Gasteiger partial charge is 0.329 e. The van der Waals surface area contributed by atoms with Crippen LogP contribution >= 0.6 is 0 Å². The Morgan fingerprint density at radius 2 is 1.69 bits per heavy atom. The summed E-state index contributed by atoms with van der Waals surface area (Å²) in [5.41, 5.74) is 0. The summed E-state index contributed by atoms with van der Waals surface area (Å²) in [6, 6.07) is 0. The number of aliphatic hydroxyl groups is 4. The van der Waals surface area contributed by atoms with Gasteiger partial charge in [-0.25, -0.2) is 4.79 Å². The van der Waals surface area contributed by atoms with E-state index in [1.807, 2.05) is 0 Å². The third-order valence-electron chi connectivity index (χ3n) is 1.70. The number of carbonyl (C=O) groups is 2. The van der Waals surface area contributed by atoms with Crippen LogP contribution in [0.3, 0.4) is 0 Å². The molecule has 0 aliphatic heterocycles. The number of carbonyl (C=O) groups excluding carboxylic acids is 1. The van der Waals surface area contributed by atoms with E-state index >= 15 is 0 Å². The van der Waals surface area contributed by atoms with Crippen LogP contribution in [0.4, 0.5) is 0 Å². The fourth-order valence-corrected chi connectivity index (χ4v) is 0.833. The number of ketones is 1. The summed E-state index contributed by atoms with van der Waals surface area (Å²) in [7, 11) is 0. The lowest BCUT2D eigenvalue weighted by molar-refractivity contribution is -0.149. The third-order valence-corrected chi connectivity index (χ3v) is 1.70. The lowest BCUT2D eigenvalue weighted by Crippen LogP contribution is -2.45. The molecule has 0 amide bonds. The van der Waals surface area contributed by atoms with Crippen LogP contribution in [0.2, 0.25) is 0 Å². The maximum Gasteiger partial charge on any atom is 0.329 e. The zero-order valence-corrected chi connectivity index (χ0v) is 8.31. The van der Waals surface area contributed by atoms with E-state index in [1.165, 1.54) is 0 Å². The van der Waals surface area contributed by atoms with E-state index in [-0.39, 0.29) is 0 Å². The van der Waals surface area contributed by atoms with E-state index in [9.17, 15) is 9.59 Å². The van der Waals surface area contributed by atoms with Gasteiger partial charge in [-0.05, 0) is 0 Å². The molecule has 0 spiro atoms. The average molecular weight is 238 g/mol. The van der Waals surface area contributed by atoms with Crippen LogP contribution in [0.15, 0.2) is 0 Å². The van der Waals surface area contributed by atoms with Gasteiger partial charge in [-0.2, -0.15) is 0 Å². The maximum absolute atomic E-state index is 11.1. The molecule has 0 rings (SSSR count). The molecule has 0 heterocycles. The van der Waals surface area contributed by atoms with Crippen molar-refractivity contribution in [1.82, 2.24) is 0 Å². The SMILES string of the molecule is O=C(O)COCC(=O)C(O)C(O)C(O)CO. The van der Waals surface area contributed by atoms with E-state index in [0.717, 1.165) is 0 Å². The first-order valence-corrected chi connectivity index (χ1v) is 4.37. The first-order valence-electron chi connectivity index (χ1n) is 4.37. The minimum absolute atomic E-state index is 0.706. The lowest BCUT2D eigenvalue weighted by Gasteiger charge is -2.20. The van der Waals surface area contributed by atoms with Crippen molar-refractivity contribution < 1.29 is 39.9 Å². The van der Waals surface area contributed by atoms with Crippen LogP contribution in [0.5, 0.6) is 0 Å². The summed E-state index contributed by atoms with van der Waals surface area (Å²) in [6.07, 6.45) is -5.43. The van der Waals surface area contributed by atoms with Crippen LogP contribution in [0.25, 0.3) is 0 Å². The summed E-state index contributed by atoms with van der Waals surface area (Å²) in [6.45, 7) is -2.23. The topological polar surface area (TPSA) is 145 Å². The van der Waals surface area contributed by atoms with Gasteiger partial charge in [0.15, 0.2) is 5.78 Å². The molecule has 0 aliphatic rings. The number of aliphatic hydroxyl groups excluding tert-OH is 4. The Kier molecular flexibility index (Phi) is 6.77. The molecular weight excluding hydrogens is 224 g/mol. The van der Waals surface area contributed by atoms with E-state index in [1.54, 1.807) is 0 Å². The number of carboxylic acids is 1. The van der Waals surface area contributed by atoms with E-state index in [4.69, 9.17) is 25.5 Å². The van der Waals surface area contributed by atoms with Crippen molar-refractivity contribution in [3.05, 3.63) is 0 Å². The third kappa shape index (κ3) is 5.14. The van der Waals surface area contributed by atoms with Crippen LogP contribution in [0.1, 0.15) is 0 Å². The van der Waals surface area contributed by atoms with Gasteiger partial charge in [0.05, 0.1) is 6.61 Å². The predicted molar refractivity (Wildman–Crippen MR) is 48.6 cm³/mol. The van der Waals surface area contributed by atoms with Gasteiger partial charge in [0, 0.05) is 0 Å². The van der Waals surface area contributed by atoms with Crippen molar-refractivity contribution >= 4 is 11.8 Å². The molecule has 8 heteroatoms. The first-order chi connectivity index (χ1) is 7.40. The Bertz CT molecular complexity index is 240. The number of ether oxygens (including phenoxy) is 1.